The molecule has 0 aliphatic rings. The molecular weight excluding hydrogens is 224 g/mol. The number of benzene rings is 1. The van der Waals surface area contributed by atoms with Crippen molar-refractivity contribution in [1.29, 1.82) is 0 Å². The van der Waals surface area contributed by atoms with Crippen LogP contribution < -0.4 is 4.72 Å². The van der Waals surface area contributed by atoms with E-state index in [1.165, 1.54) is 25.1 Å². The summed E-state index contributed by atoms with van der Waals surface area (Å²) in [5, 5.41) is 10.5. The van der Waals surface area contributed by atoms with Gasteiger partial charge in [0.1, 0.15) is 0 Å². The highest BCUT2D eigenvalue weighted by Gasteiger charge is 2.15. The second-order valence-electron chi connectivity index (χ2n) is 2.78. The van der Waals surface area contributed by atoms with Gasteiger partial charge in [-0.25, -0.2) is 0 Å². The number of nitrogens with one attached hydrogen (secondary N) is 1. The van der Waals surface area contributed by atoms with Gasteiger partial charge in [0, 0.05) is 6.07 Å². The summed E-state index contributed by atoms with van der Waals surface area (Å²) < 4.78 is 31.3. The van der Waals surface area contributed by atoms with Gasteiger partial charge in [0.15, 0.2) is 0 Å². The Bertz CT molecular complexity index is 496. The molecule has 15 heavy (non-hydrogen) atoms. The standard InChI is InChI=1S/C7H8N2O5S/c1-5-6(8-15(12,13)14)3-2-4-7(5)9(10)11/h2-4,8H,1H3,(H,12,13,14). The molecule has 0 unspecified atom stereocenters. The highest BCUT2D eigenvalue weighted by Crippen LogP contribution is 2.25. The minimum absolute atomic E-state index is 0.0216. The summed E-state index contributed by atoms with van der Waals surface area (Å²) in [7, 11) is -4.41. The predicted molar refractivity (Wildman–Crippen MR) is 53.0 cm³/mol. The maximum atomic E-state index is 10.5. The normalized spacial score (nSPS) is 11.1. The second-order valence-corrected chi connectivity index (χ2v) is 3.94. The lowest BCUT2D eigenvalue weighted by atomic mass is 10.2. The first kappa shape index (κ1) is 11.4. The SMILES string of the molecule is Cc1c(NS(=O)(=O)O)cccc1[N+](=O)[O-]. The largest absolute Gasteiger partial charge is 0.357 e. The predicted octanol–water partition coefficient (Wildman–Crippen LogP) is 1.12. The quantitative estimate of drug-likeness (QED) is 0.461. The Labute approximate surface area is 85.8 Å². The van der Waals surface area contributed by atoms with E-state index in [0.29, 0.717) is 0 Å². The number of nitro groups is 1. The van der Waals surface area contributed by atoms with Crippen molar-refractivity contribution in [3.05, 3.63) is 33.9 Å². The van der Waals surface area contributed by atoms with Crippen LogP contribution >= 0.6 is 0 Å². The number of hydrogen-bond donors (Lipinski definition) is 2. The van der Waals surface area contributed by atoms with E-state index in [4.69, 9.17) is 4.55 Å². The molecule has 1 aromatic carbocycles. The van der Waals surface area contributed by atoms with Gasteiger partial charge in [0.25, 0.3) is 5.69 Å². The second kappa shape index (κ2) is 3.83. The number of nitrogens with zero attached hydrogens (tertiary/aromatic N) is 1. The van der Waals surface area contributed by atoms with E-state index in [9.17, 15) is 18.5 Å². The molecule has 0 radical (unpaired) electrons. The molecule has 0 aliphatic carbocycles. The van der Waals surface area contributed by atoms with Gasteiger partial charge in [0.2, 0.25) is 0 Å². The Balaban J connectivity index is 3.22. The third-order valence-electron chi connectivity index (χ3n) is 1.74. The van der Waals surface area contributed by atoms with Gasteiger partial charge < -0.3 is 0 Å². The molecule has 2 N–H and O–H groups in total. The molecule has 8 heteroatoms. The van der Waals surface area contributed by atoms with Crippen molar-refractivity contribution in [2.75, 3.05) is 4.72 Å². The summed E-state index contributed by atoms with van der Waals surface area (Å²) in [6.45, 7) is 1.38. The fourth-order valence-electron chi connectivity index (χ4n) is 1.07. The first-order chi connectivity index (χ1) is 6.81. The molecule has 0 saturated heterocycles. The molecule has 0 aromatic heterocycles. The van der Waals surface area contributed by atoms with E-state index in [1.807, 2.05) is 0 Å². The summed E-state index contributed by atoms with van der Waals surface area (Å²) in [5.74, 6) is 0. The van der Waals surface area contributed by atoms with Gasteiger partial charge in [-0.1, -0.05) is 6.07 Å². The third-order valence-corrected chi connectivity index (χ3v) is 2.22. The van der Waals surface area contributed by atoms with Crippen LogP contribution in [0.15, 0.2) is 18.2 Å². The Morgan fingerprint density at radius 2 is 2.07 bits per heavy atom. The molecule has 0 amide bonds. The molecular formula is C7H8N2O5S. The van der Waals surface area contributed by atoms with Crippen molar-refractivity contribution in [3.63, 3.8) is 0 Å². The van der Waals surface area contributed by atoms with E-state index in [1.54, 1.807) is 4.72 Å². The fourth-order valence-corrected chi connectivity index (χ4v) is 1.57. The van der Waals surface area contributed by atoms with Crippen LogP contribution in [0.25, 0.3) is 0 Å². The van der Waals surface area contributed by atoms with Crippen LogP contribution in [0, 0.1) is 17.0 Å². The van der Waals surface area contributed by atoms with Crippen LogP contribution in [0.4, 0.5) is 11.4 Å². The number of nitro benzene ring substituents is 1. The molecule has 0 atom stereocenters. The monoisotopic (exact) mass is 232 g/mol. The van der Waals surface area contributed by atoms with Crippen molar-refractivity contribution >= 4 is 21.7 Å². The van der Waals surface area contributed by atoms with Crippen LogP contribution in [-0.2, 0) is 10.3 Å². The average Bonchev–Trinajstić information content (AvgIpc) is 2.05. The molecule has 0 aliphatic heterocycles. The molecule has 0 saturated carbocycles. The van der Waals surface area contributed by atoms with Crippen molar-refractivity contribution in [2.45, 2.75) is 6.92 Å². The lowest BCUT2D eigenvalue weighted by Gasteiger charge is -2.05. The summed E-state index contributed by atoms with van der Waals surface area (Å²) in [6, 6.07) is 3.87. The number of hydrogen-bond acceptors (Lipinski definition) is 4. The zero-order valence-electron chi connectivity index (χ0n) is 7.67. The fraction of sp³-hybridized carbons (Fsp3) is 0.143. The van der Waals surface area contributed by atoms with Crippen molar-refractivity contribution < 1.29 is 17.9 Å². The van der Waals surface area contributed by atoms with Crippen molar-refractivity contribution in [3.8, 4) is 0 Å². The van der Waals surface area contributed by atoms with E-state index < -0.39 is 15.2 Å². The Morgan fingerprint density at radius 3 is 2.53 bits per heavy atom. The first-order valence-corrected chi connectivity index (χ1v) is 5.24. The average molecular weight is 232 g/mol. The summed E-state index contributed by atoms with van der Waals surface area (Å²) in [4.78, 5) is 9.87. The molecule has 82 valence electrons. The van der Waals surface area contributed by atoms with Crippen molar-refractivity contribution in [1.82, 2.24) is 0 Å². The van der Waals surface area contributed by atoms with Gasteiger partial charge >= 0.3 is 10.3 Å². The highest BCUT2D eigenvalue weighted by atomic mass is 32.2. The molecule has 0 heterocycles. The molecule has 0 spiro atoms. The number of anilines is 1. The van der Waals surface area contributed by atoms with Crippen LogP contribution in [0.5, 0.6) is 0 Å². The van der Waals surface area contributed by atoms with Gasteiger partial charge in [-0.15, -0.1) is 0 Å². The zero-order valence-corrected chi connectivity index (χ0v) is 8.48. The first-order valence-electron chi connectivity index (χ1n) is 3.80. The molecule has 0 bridgehead atoms. The van der Waals surface area contributed by atoms with Crippen LogP contribution in [0.2, 0.25) is 0 Å². The Morgan fingerprint density at radius 1 is 1.47 bits per heavy atom. The molecule has 0 fully saturated rings. The Hall–Kier alpha value is -1.67. The lowest BCUT2D eigenvalue weighted by molar-refractivity contribution is -0.385. The summed E-state index contributed by atoms with van der Waals surface area (Å²) in [5.41, 5.74) is -0.101. The maximum Gasteiger partial charge on any atom is 0.357 e. The minimum Gasteiger partial charge on any atom is -0.269 e. The minimum atomic E-state index is -4.41. The van der Waals surface area contributed by atoms with Gasteiger partial charge in [0.05, 0.1) is 16.2 Å². The summed E-state index contributed by atoms with van der Waals surface area (Å²) >= 11 is 0. The highest BCUT2D eigenvalue weighted by molar-refractivity contribution is 7.87. The van der Waals surface area contributed by atoms with Crippen molar-refractivity contribution in [2.24, 2.45) is 0 Å². The van der Waals surface area contributed by atoms with E-state index >= 15 is 0 Å². The maximum absolute atomic E-state index is 10.5. The van der Waals surface area contributed by atoms with Crippen LogP contribution in [0.3, 0.4) is 0 Å². The van der Waals surface area contributed by atoms with Gasteiger partial charge in [-0.2, -0.15) is 8.42 Å². The molecule has 1 aromatic rings. The topological polar surface area (TPSA) is 110 Å². The van der Waals surface area contributed by atoms with E-state index in [2.05, 4.69) is 0 Å². The van der Waals surface area contributed by atoms with E-state index in [0.717, 1.165) is 0 Å². The third kappa shape index (κ3) is 2.89. The number of rotatable bonds is 3. The van der Waals surface area contributed by atoms with Crippen LogP contribution in [-0.4, -0.2) is 17.9 Å². The van der Waals surface area contributed by atoms with E-state index in [-0.39, 0.29) is 16.9 Å². The summed E-state index contributed by atoms with van der Waals surface area (Å²) in [6.07, 6.45) is 0. The molecule has 1 rings (SSSR count). The van der Waals surface area contributed by atoms with Gasteiger partial charge in [-0.05, 0) is 13.0 Å². The Kier molecular flexibility index (Phi) is 2.91. The smallest absolute Gasteiger partial charge is 0.269 e. The zero-order chi connectivity index (χ0) is 11.6. The molecule has 7 nitrogen and oxygen atoms in total. The van der Waals surface area contributed by atoms with Crippen LogP contribution in [0.1, 0.15) is 5.56 Å². The van der Waals surface area contributed by atoms with Gasteiger partial charge in [-0.3, -0.25) is 19.4 Å². The lowest BCUT2D eigenvalue weighted by Crippen LogP contribution is -2.11.